The van der Waals surface area contributed by atoms with Crippen molar-refractivity contribution in [1.29, 1.82) is 0 Å². The predicted molar refractivity (Wildman–Crippen MR) is 60.4 cm³/mol. The molecule has 0 heterocycles. The summed E-state index contributed by atoms with van der Waals surface area (Å²) >= 11 is 0. The fraction of sp³-hybridized carbons (Fsp3) is 1.00. The lowest BCUT2D eigenvalue weighted by Crippen LogP contribution is -2.31. The molecule has 0 radical (unpaired) electrons. The van der Waals surface area contributed by atoms with E-state index in [4.69, 9.17) is 4.74 Å². The lowest BCUT2D eigenvalue weighted by molar-refractivity contribution is -0.0689. The molecule has 0 saturated carbocycles. The maximum Gasteiger partial charge on any atom is 0.0649 e. The normalized spacial score (nSPS) is 16.7. The van der Waals surface area contributed by atoms with Crippen LogP contribution in [0.2, 0.25) is 0 Å². The van der Waals surface area contributed by atoms with Gasteiger partial charge < -0.3 is 9.84 Å². The first-order chi connectivity index (χ1) is 6.49. The van der Waals surface area contributed by atoms with E-state index in [0.717, 1.165) is 19.3 Å². The molecule has 0 amide bonds. The van der Waals surface area contributed by atoms with E-state index in [-0.39, 0.29) is 17.6 Å². The van der Waals surface area contributed by atoms with Gasteiger partial charge in [-0.1, -0.05) is 27.7 Å². The maximum absolute atomic E-state index is 9.59. The molecule has 0 rings (SSSR count). The molecule has 0 spiro atoms. The van der Waals surface area contributed by atoms with Gasteiger partial charge in [0.15, 0.2) is 0 Å². The lowest BCUT2D eigenvalue weighted by atomic mass is 9.99. The number of aliphatic hydroxyl groups excluding tert-OH is 1. The fourth-order valence-corrected chi connectivity index (χ4v) is 1.30. The zero-order chi connectivity index (χ0) is 11.2. The highest BCUT2D eigenvalue weighted by atomic mass is 16.5. The number of hydrogen-bond acceptors (Lipinski definition) is 2. The summed E-state index contributed by atoms with van der Waals surface area (Å²) in [5.74, 6) is 0.234. The molecular weight excluding hydrogens is 176 g/mol. The summed E-state index contributed by atoms with van der Waals surface area (Å²) < 4.78 is 5.85. The molecule has 2 nitrogen and oxygen atoms in total. The van der Waals surface area contributed by atoms with Crippen LogP contribution in [0.15, 0.2) is 0 Å². The standard InChI is InChI=1S/C12H26O2/c1-6-11(13)10(4)9-14-12(5,7-2)8-3/h10-11,13H,6-9H2,1-5H3. The highest BCUT2D eigenvalue weighted by molar-refractivity contribution is 4.72. The van der Waals surface area contributed by atoms with E-state index in [0.29, 0.717) is 6.61 Å². The van der Waals surface area contributed by atoms with Crippen molar-refractivity contribution in [3.8, 4) is 0 Å². The Hall–Kier alpha value is -0.0800. The van der Waals surface area contributed by atoms with Gasteiger partial charge in [-0.05, 0) is 26.2 Å². The summed E-state index contributed by atoms with van der Waals surface area (Å²) in [6.45, 7) is 11.1. The van der Waals surface area contributed by atoms with E-state index >= 15 is 0 Å². The smallest absolute Gasteiger partial charge is 0.0649 e. The molecule has 0 bridgehead atoms. The molecule has 1 N–H and O–H groups in total. The highest BCUT2D eigenvalue weighted by Gasteiger charge is 2.22. The van der Waals surface area contributed by atoms with Crippen LogP contribution in [-0.4, -0.2) is 23.4 Å². The quantitative estimate of drug-likeness (QED) is 0.687. The van der Waals surface area contributed by atoms with Gasteiger partial charge in [0.2, 0.25) is 0 Å². The molecule has 0 fully saturated rings. The topological polar surface area (TPSA) is 29.5 Å². The first-order valence-corrected chi connectivity index (χ1v) is 5.81. The Morgan fingerprint density at radius 2 is 1.71 bits per heavy atom. The van der Waals surface area contributed by atoms with Gasteiger partial charge in [0.05, 0.1) is 18.3 Å². The highest BCUT2D eigenvalue weighted by Crippen LogP contribution is 2.21. The molecule has 0 aromatic carbocycles. The molecule has 0 aliphatic carbocycles. The van der Waals surface area contributed by atoms with Gasteiger partial charge in [-0.2, -0.15) is 0 Å². The molecule has 2 heteroatoms. The first-order valence-electron chi connectivity index (χ1n) is 5.81. The van der Waals surface area contributed by atoms with Crippen molar-refractivity contribution in [3.05, 3.63) is 0 Å². The van der Waals surface area contributed by atoms with Crippen LogP contribution in [-0.2, 0) is 4.74 Å². The minimum Gasteiger partial charge on any atom is -0.393 e. The number of ether oxygens (including phenoxy) is 1. The minimum absolute atomic E-state index is 0.0122. The van der Waals surface area contributed by atoms with Crippen LogP contribution in [0.4, 0.5) is 0 Å². The molecule has 86 valence electrons. The molecule has 14 heavy (non-hydrogen) atoms. The van der Waals surface area contributed by atoms with Gasteiger partial charge in [-0.25, -0.2) is 0 Å². The molecule has 0 aromatic heterocycles. The van der Waals surface area contributed by atoms with Crippen molar-refractivity contribution >= 4 is 0 Å². The molecule has 0 aliphatic heterocycles. The average molecular weight is 202 g/mol. The second kappa shape index (κ2) is 6.41. The second-order valence-electron chi connectivity index (χ2n) is 4.42. The molecular formula is C12H26O2. The summed E-state index contributed by atoms with van der Waals surface area (Å²) in [4.78, 5) is 0. The van der Waals surface area contributed by atoms with Crippen molar-refractivity contribution < 1.29 is 9.84 Å². The molecule has 0 aliphatic rings. The zero-order valence-electron chi connectivity index (χ0n) is 10.3. The van der Waals surface area contributed by atoms with Gasteiger partial charge >= 0.3 is 0 Å². The van der Waals surface area contributed by atoms with E-state index < -0.39 is 0 Å². The second-order valence-corrected chi connectivity index (χ2v) is 4.42. The number of rotatable bonds is 7. The Bertz CT molecular complexity index is 141. The molecule has 0 saturated heterocycles. The zero-order valence-corrected chi connectivity index (χ0v) is 10.3. The van der Waals surface area contributed by atoms with Gasteiger partial charge in [0.1, 0.15) is 0 Å². The summed E-state index contributed by atoms with van der Waals surface area (Å²) in [7, 11) is 0. The van der Waals surface area contributed by atoms with E-state index in [9.17, 15) is 5.11 Å². The van der Waals surface area contributed by atoms with Gasteiger partial charge in [-0.15, -0.1) is 0 Å². The lowest BCUT2D eigenvalue weighted by Gasteiger charge is -2.30. The van der Waals surface area contributed by atoms with Crippen molar-refractivity contribution in [2.75, 3.05) is 6.61 Å². The first kappa shape index (κ1) is 13.9. The van der Waals surface area contributed by atoms with E-state index in [1.54, 1.807) is 0 Å². The Kier molecular flexibility index (Phi) is 6.38. The van der Waals surface area contributed by atoms with Crippen LogP contribution in [0.1, 0.15) is 53.9 Å². The van der Waals surface area contributed by atoms with Crippen molar-refractivity contribution in [3.63, 3.8) is 0 Å². The minimum atomic E-state index is -0.229. The van der Waals surface area contributed by atoms with Crippen molar-refractivity contribution in [2.45, 2.75) is 65.6 Å². The van der Waals surface area contributed by atoms with Crippen LogP contribution >= 0.6 is 0 Å². The largest absolute Gasteiger partial charge is 0.393 e. The molecule has 2 unspecified atom stereocenters. The predicted octanol–water partition coefficient (Wildman–Crippen LogP) is 2.99. The Morgan fingerprint density at radius 1 is 1.21 bits per heavy atom. The number of aliphatic hydroxyl groups is 1. The van der Waals surface area contributed by atoms with Crippen LogP contribution in [0.3, 0.4) is 0 Å². The summed E-state index contributed by atoms with van der Waals surface area (Å²) in [6.07, 6.45) is 2.63. The monoisotopic (exact) mass is 202 g/mol. The summed E-state index contributed by atoms with van der Waals surface area (Å²) in [6, 6.07) is 0. The van der Waals surface area contributed by atoms with Gasteiger partial charge in [-0.3, -0.25) is 0 Å². The van der Waals surface area contributed by atoms with Crippen LogP contribution in [0, 0.1) is 5.92 Å². The van der Waals surface area contributed by atoms with E-state index in [2.05, 4.69) is 20.8 Å². The third kappa shape index (κ3) is 4.43. The van der Waals surface area contributed by atoms with Crippen molar-refractivity contribution in [2.24, 2.45) is 5.92 Å². The molecule has 2 atom stereocenters. The third-order valence-electron chi connectivity index (χ3n) is 3.27. The van der Waals surface area contributed by atoms with Crippen LogP contribution < -0.4 is 0 Å². The van der Waals surface area contributed by atoms with E-state index in [1.165, 1.54) is 0 Å². The Morgan fingerprint density at radius 3 is 2.07 bits per heavy atom. The summed E-state index contributed by atoms with van der Waals surface area (Å²) in [5, 5.41) is 9.59. The number of hydrogen-bond donors (Lipinski definition) is 1. The molecule has 0 aromatic rings. The van der Waals surface area contributed by atoms with E-state index in [1.807, 2.05) is 13.8 Å². The third-order valence-corrected chi connectivity index (χ3v) is 3.27. The van der Waals surface area contributed by atoms with Crippen LogP contribution in [0.25, 0.3) is 0 Å². The summed E-state index contributed by atoms with van der Waals surface area (Å²) in [5.41, 5.74) is -0.0122. The Labute approximate surface area is 88.7 Å². The van der Waals surface area contributed by atoms with Crippen molar-refractivity contribution in [1.82, 2.24) is 0 Å². The van der Waals surface area contributed by atoms with Gasteiger partial charge in [0.25, 0.3) is 0 Å². The van der Waals surface area contributed by atoms with Gasteiger partial charge in [0, 0.05) is 5.92 Å². The SMILES string of the molecule is CCC(O)C(C)COC(C)(CC)CC. The maximum atomic E-state index is 9.59. The average Bonchev–Trinajstić information content (AvgIpc) is 2.24. The Balaban J connectivity index is 3.91. The fourth-order valence-electron chi connectivity index (χ4n) is 1.30. The van der Waals surface area contributed by atoms with Crippen LogP contribution in [0.5, 0.6) is 0 Å².